The van der Waals surface area contributed by atoms with Crippen LogP contribution in [-0.4, -0.2) is 47.9 Å². The lowest BCUT2D eigenvalue weighted by molar-refractivity contribution is 0.0264. The predicted molar refractivity (Wildman–Crippen MR) is 80.9 cm³/mol. The molecule has 2 aromatic rings. The van der Waals surface area contributed by atoms with E-state index in [4.69, 9.17) is 10.5 Å². The lowest BCUT2D eigenvalue weighted by Gasteiger charge is -2.31. The van der Waals surface area contributed by atoms with Gasteiger partial charge in [0.2, 0.25) is 0 Å². The van der Waals surface area contributed by atoms with Crippen molar-refractivity contribution in [1.82, 2.24) is 13.7 Å². The molecule has 1 aliphatic heterocycles. The van der Waals surface area contributed by atoms with Crippen molar-refractivity contribution in [2.45, 2.75) is 30.9 Å². The number of sulfonamides is 1. The molecule has 0 spiro atoms. The van der Waals surface area contributed by atoms with Crippen LogP contribution in [0.1, 0.15) is 19.8 Å². The Morgan fingerprint density at radius 2 is 2.38 bits per heavy atom. The average Bonchev–Trinajstić information content (AvgIpc) is 2.98. The van der Waals surface area contributed by atoms with Gasteiger partial charge in [-0.25, -0.2) is 13.4 Å². The topological polar surface area (TPSA) is 89.9 Å². The van der Waals surface area contributed by atoms with E-state index in [-0.39, 0.29) is 16.9 Å². The van der Waals surface area contributed by atoms with Crippen LogP contribution in [0.5, 0.6) is 0 Å². The monoisotopic (exact) mass is 330 g/mol. The van der Waals surface area contributed by atoms with E-state index in [1.807, 2.05) is 6.92 Å². The summed E-state index contributed by atoms with van der Waals surface area (Å²) in [5.74, 6) is 0.0559. The fraction of sp³-hybridized carbons (Fsp3) is 0.583. The normalized spacial score (nSPS) is 21.1. The highest BCUT2D eigenvalue weighted by Gasteiger charge is 2.34. The minimum atomic E-state index is -3.66. The summed E-state index contributed by atoms with van der Waals surface area (Å²) in [5, 5.41) is 1.86. The summed E-state index contributed by atoms with van der Waals surface area (Å²) in [5.41, 5.74) is 5.82. The Kier molecular flexibility index (Phi) is 3.91. The van der Waals surface area contributed by atoms with Crippen LogP contribution in [0.2, 0.25) is 0 Å². The highest BCUT2D eigenvalue weighted by molar-refractivity contribution is 7.89. The standard InChI is InChI=1S/C12H18N4O3S2/c1-2-19-9-4-3-5-15(8-9)21(17,18)11-10(13)14-12-16(11)6-7-20-12/h6-7,9H,2-5,8,13H2,1H3. The second-order valence-electron chi connectivity index (χ2n) is 4.94. The summed E-state index contributed by atoms with van der Waals surface area (Å²) < 4.78 is 34.3. The summed E-state index contributed by atoms with van der Waals surface area (Å²) >= 11 is 1.36. The quantitative estimate of drug-likeness (QED) is 0.909. The number of hydrogen-bond donors (Lipinski definition) is 1. The molecule has 0 bridgehead atoms. The molecular weight excluding hydrogens is 312 g/mol. The van der Waals surface area contributed by atoms with Gasteiger partial charge in [0, 0.05) is 31.3 Å². The number of hydrogen-bond acceptors (Lipinski definition) is 6. The number of rotatable bonds is 4. The second-order valence-corrected chi connectivity index (χ2v) is 7.67. The molecule has 2 N–H and O–H groups in total. The number of nitrogens with zero attached hydrogens (tertiary/aromatic N) is 3. The highest BCUT2D eigenvalue weighted by Crippen LogP contribution is 2.28. The van der Waals surface area contributed by atoms with Gasteiger partial charge in [0.25, 0.3) is 10.0 Å². The molecule has 0 radical (unpaired) electrons. The van der Waals surface area contributed by atoms with E-state index >= 15 is 0 Å². The van der Waals surface area contributed by atoms with E-state index < -0.39 is 10.0 Å². The van der Waals surface area contributed by atoms with Crippen LogP contribution >= 0.6 is 11.3 Å². The van der Waals surface area contributed by atoms with Crippen LogP contribution in [0.3, 0.4) is 0 Å². The third-order valence-corrected chi connectivity index (χ3v) is 6.23. The number of thiazole rings is 1. The van der Waals surface area contributed by atoms with Gasteiger partial charge in [-0.2, -0.15) is 4.31 Å². The maximum absolute atomic E-state index is 12.9. The molecule has 1 saturated heterocycles. The summed E-state index contributed by atoms with van der Waals surface area (Å²) in [7, 11) is -3.66. The average molecular weight is 330 g/mol. The summed E-state index contributed by atoms with van der Waals surface area (Å²) in [6, 6.07) is 0. The van der Waals surface area contributed by atoms with Crippen molar-refractivity contribution in [2.24, 2.45) is 0 Å². The zero-order valence-corrected chi connectivity index (χ0v) is 13.4. The Labute approximate surface area is 127 Å². The summed E-state index contributed by atoms with van der Waals surface area (Å²) in [6.45, 7) is 3.36. The van der Waals surface area contributed by atoms with Crippen molar-refractivity contribution in [1.29, 1.82) is 0 Å². The Balaban J connectivity index is 1.96. The number of aromatic nitrogens is 2. The Bertz CT molecular complexity index is 735. The number of imidazole rings is 1. The van der Waals surface area contributed by atoms with E-state index in [0.717, 1.165) is 12.8 Å². The van der Waals surface area contributed by atoms with Gasteiger partial charge in [-0.05, 0) is 19.8 Å². The minimum absolute atomic E-state index is 0.0503. The number of ether oxygens (including phenoxy) is 1. The van der Waals surface area contributed by atoms with Gasteiger partial charge in [0.15, 0.2) is 15.8 Å². The molecule has 1 atom stereocenters. The molecule has 9 heteroatoms. The van der Waals surface area contributed by atoms with Crippen molar-refractivity contribution >= 4 is 32.1 Å². The number of nitrogen functional groups attached to an aromatic ring is 1. The lowest BCUT2D eigenvalue weighted by atomic mass is 10.1. The molecule has 1 unspecified atom stereocenters. The van der Waals surface area contributed by atoms with Crippen LogP contribution in [0, 0.1) is 0 Å². The van der Waals surface area contributed by atoms with Crippen molar-refractivity contribution in [3.05, 3.63) is 11.6 Å². The molecule has 0 aromatic carbocycles. The lowest BCUT2D eigenvalue weighted by Crippen LogP contribution is -2.43. The summed E-state index contributed by atoms with van der Waals surface area (Å²) in [4.78, 5) is 4.70. The fourth-order valence-electron chi connectivity index (χ4n) is 2.66. The van der Waals surface area contributed by atoms with Crippen LogP contribution in [0.25, 0.3) is 4.96 Å². The number of fused-ring (bicyclic) bond motifs is 1. The van der Waals surface area contributed by atoms with Crippen molar-refractivity contribution < 1.29 is 13.2 Å². The third-order valence-electron chi connectivity index (χ3n) is 3.57. The first kappa shape index (κ1) is 14.8. The molecule has 116 valence electrons. The first-order chi connectivity index (χ1) is 10.0. The fourth-order valence-corrected chi connectivity index (χ4v) is 5.12. The molecule has 3 heterocycles. The van der Waals surface area contributed by atoms with Crippen molar-refractivity contribution in [2.75, 3.05) is 25.4 Å². The highest BCUT2D eigenvalue weighted by atomic mass is 32.2. The zero-order chi connectivity index (χ0) is 15.0. The van der Waals surface area contributed by atoms with Crippen LogP contribution < -0.4 is 5.73 Å². The first-order valence-corrected chi connectivity index (χ1v) is 9.18. The van der Waals surface area contributed by atoms with Gasteiger partial charge in [-0.1, -0.05) is 0 Å². The Hall–Kier alpha value is -1.16. The molecule has 3 rings (SSSR count). The van der Waals surface area contributed by atoms with Crippen molar-refractivity contribution in [3.8, 4) is 0 Å². The van der Waals surface area contributed by atoms with Crippen molar-refractivity contribution in [3.63, 3.8) is 0 Å². The van der Waals surface area contributed by atoms with Gasteiger partial charge in [-0.15, -0.1) is 11.3 Å². The van der Waals surface area contributed by atoms with E-state index in [9.17, 15) is 8.42 Å². The van der Waals surface area contributed by atoms with Gasteiger partial charge in [0.1, 0.15) is 0 Å². The predicted octanol–water partition coefficient (Wildman–Crippen LogP) is 1.17. The number of piperidine rings is 1. The van der Waals surface area contributed by atoms with Gasteiger partial charge in [-0.3, -0.25) is 4.40 Å². The molecule has 0 amide bonds. The molecule has 7 nitrogen and oxygen atoms in total. The van der Waals surface area contributed by atoms with E-state index in [1.54, 1.807) is 16.0 Å². The molecule has 0 saturated carbocycles. The molecule has 21 heavy (non-hydrogen) atoms. The zero-order valence-electron chi connectivity index (χ0n) is 11.7. The van der Waals surface area contributed by atoms with Crippen LogP contribution in [0.4, 0.5) is 5.82 Å². The number of nitrogens with two attached hydrogens (primary N) is 1. The Morgan fingerprint density at radius 3 is 3.14 bits per heavy atom. The van der Waals surface area contributed by atoms with Gasteiger partial charge < -0.3 is 10.5 Å². The minimum Gasteiger partial charge on any atom is -0.381 e. The molecular formula is C12H18N4O3S2. The maximum Gasteiger partial charge on any atom is 0.262 e. The van der Waals surface area contributed by atoms with E-state index in [2.05, 4.69) is 4.98 Å². The van der Waals surface area contributed by atoms with Crippen LogP contribution in [0.15, 0.2) is 16.6 Å². The van der Waals surface area contributed by atoms with Gasteiger partial charge >= 0.3 is 0 Å². The van der Waals surface area contributed by atoms with Gasteiger partial charge in [0.05, 0.1) is 6.10 Å². The largest absolute Gasteiger partial charge is 0.381 e. The SMILES string of the molecule is CCOC1CCCN(S(=O)(=O)c2c(N)nc3sccn23)C1. The molecule has 0 aliphatic carbocycles. The summed E-state index contributed by atoms with van der Waals surface area (Å²) in [6.07, 6.45) is 3.30. The molecule has 1 aliphatic rings. The molecule has 1 fully saturated rings. The number of anilines is 1. The maximum atomic E-state index is 12.9. The molecule has 2 aromatic heterocycles. The van der Waals surface area contributed by atoms with Crippen LogP contribution in [-0.2, 0) is 14.8 Å². The Morgan fingerprint density at radius 1 is 1.57 bits per heavy atom. The van der Waals surface area contributed by atoms with E-state index in [0.29, 0.717) is 24.7 Å². The second kappa shape index (κ2) is 5.56. The van der Waals surface area contributed by atoms with E-state index in [1.165, 1.54) is 15.6 Å². The first-order valence-electron chi connectivity index (χ1n) is 6.86. The third kappa shape index (κ3) is 2.54. The smallest absolute Gasteiger partial charge is 0.262 e.